The second-order valence-electron chi connectivity index (χ2n) is 8.48. The van der Waals surface area contributed by atoms with E-state index >= 15 is 0 Å². The van der Waals surface area contributed by atoms with E-state index in [4.69, 9.17) is 9.84 Å². The molecule has 0 spiro atoms. The van der Waals surface area contributed by atoms with Crippen molar-refractivity contribution in [3.05, 3.63) is 46.3 Å². The Hall–Kier alpha value is -2.38. The zero-order valence-corrected chi connectivity index (χ0v) is 18.3. The molecule has 0 saturated carbocycles. The topological polar surface area (TPSA) is 71.4 Å². The van der Waals surface area contributed by atoms with Gasteiger partial charge in [0.25, 0.3) is 0 Å². The molecule has 2 aromatic rings. The number of hydrogen-bond donors (Lipinski definition) is 2. The van der Waals surface area contributed by atoms with Crippen molar-refractivity contribution in [2.24, 2.45) is 0 Å². The Kier molecular flexibility index (Phi) is 6.39. The first-order chi connectivity index (χ1) is 14.5. The highest BCUT2D eigenvalue weighted by molar-refractivity contribution is 5.90. The molecule has 1 aromatic carbocycles. The summed E-state index contributed by atoms with van der Waals surface area (Å²) in [5, 5.41) is 11.0. The minimum absolute atomic E-state index is 0.128. The number of fused-ring (bicyclic) bond motifs is 1. The minimum atomic E-state index is -0.128. The van der Waals surface area contributed by atoms with Crippen LogP contribution in [0.4, 0.5) is 10.5 Å². The lowest BCUT2D eigenvalue weighted by Crippen LogP contribution is -2.48. The largest absolute Gasteiger partial charge is 0.376 e. The summed E-state index contributed by atoms with van der Waals surface area (Å²) in [7, 11) is 0. The number of likely N-dealkylation sites (tertiary alicyclic amines) is 1. The number of hydrogen-bond acceptors (Lipinski definition) is 4. The summed E-state index contributed by atoms with van der Waals surface area (Å²) in [5.74, 6) is 0. The zero-order valence-electron chi connectivity index (χ0n) is 18.3. The third-order valence-electron chi connectivity index (χ3n) is 6.13. The molecule has 2 amide bonds. The van der Waals surface area contributed by atoms with Gasteiger partial charge in [0, 0.05) is 49.0 Å². The summed E-state index contributed by atoms with van der Waals surface area (Å²) in [4.78, 5) is 15.0. The molecule has 1 unspecified atom stereocenters. The number of nitrogens with one attached hydrogen (secondary N) is 2. The molecule has 30 heavy (non-hydrogen) atoms. The van der Waals surface area contributed by atoms with Gasteiger partial charge in [-0.1, -0.05) is 12.1 Å². The van der Waals surface area contributed by atoms with Crippen LogP contribution in [0, 0.1) is 13.8 Å². The molecule has 2 aliphatic heterocycles. The fraction of sp³-hybridized carbons (Fsp3) is 0.565. The molecule has 7 heteroatoms. The molecular formula is C23H33N5O2. The lowest BCUT2D eigenvalue weighted by Gasteiger charge is -2.33. The third-order valence-corrected chi connectivity index (χ3v) is 6.13. The quantitative estimate of drug-likeness (QED) is 0.791. The van der Waals surface area contributed by atoms with Gasteiger partial charge in [-0.2, -0.15) is 5.10 Å². The van der Waals surface area contributed by atoms with Crippen molar-refractivity contribution in [3.8, 4) is 0 Å². The minimum Gasteiger partial charge on any atom is -0.376 e. The number of aromatic nitrogens is 2. The number of amides is 2. The van der Waals surface area contributed by atoms with Gasteiger partial charge in [0.1, 0.15) is 0 Å². The van der Waals surface area contributed by atoms with Crippen molar-refractivity contribution in [1.82, 2.24) is 20.0 Å². The van der Waals surface area contributed by atoms with Crippen molar-refractivity contribution in [2.45, 2.75) is 65.8 Å². The summed E-state index contributed by atoms with van der Waals surface area (Å²) < 4.78 is 7.82. The van der Waals surface area contributed by atoms with Gasteiger partial charge in [0.2, 0.25) is 0 Å². The maximum Gasteiger partial charge on any atom is 0.319 e. The molecule has 7 nitrogen and oxygen atoms in total. The number of ether oxygens (including phenoxy) is 1. The number of rotatable bonds is 5. The number of benzene rings is 1. The van der Waals surface area contributed by atoms with Crippen molar-refractivity contribution in [1.29, 1.82) is 0 Å². The lowest BCUT2D eigenvalue weighted by atomic mass is 10.0. The van der Waals surface area contributed by atoms with Crippen molar-refractivity contribution < 1.29 is 9.53 Å². The smallest absolute Gasteiger partial charge is 0.319 e. The monoisotopic (exact) mass is 411 g/mol. The second kappa shape index (κ2) is 9.18. The van der Waals surface area contributed by atoms with E-state index in [9.17, 15) is 4.79 Å². The number of carbonyl (C=O) groups is 1. The van der Waals surface area contributed by atoms with E-state index < -0.39 is 0 Å². The van der Waals surface area contributed by atoms with E-state index in [1.807, 2.05) is 26.0 Å². The van der Waals surface area contributed by atoms with Crippen LogP contribution in [0.3, 0.4) is 0 Å². The first-order valence-electron chi connectivity index (χ1n) is 11.1. The van der Waals surface area contributed by atoms with Crippen LogP contribution in [0.25, 0.3) is 0 Å². The standard InChI is InChI=1S/C23H33N5O2/c1-4-28-22-9-11-30-15-19(22)21(26-28)14-27-10-5-6-18(13-27)24-23(29)25-20-12-16(2)7-8-17(20)3/h7-8,12,18H,4-6,9-11,13-15H2,1-3H3,(H2,24,25,29). The first-order valence-corrected chi connectivity index (χ1v) is 11.1. The Balaban J connectivity index is 1.36. The summed E-state index contributed by atoms with van der Waals surface area (Å²) in [6.45, 7) is 11.2. The van der Waals surface area contributed by atoms with E-state index in [0.717, 1.165) is 74.6 Å². The molecule has 1 aromatic heterocycles. The number of piperidine rings is 1. The van der Waals surface area contributed by atoms with Crippen LogP contribution < -0.4 is 10.6 Å². The maximum atomic E-state index is 12.6. The predicted octanol–water partition coefficient (Wildman–Crippen LogP) is 3.38. The number of carbonyl (C=O) groups excluding carboxylic acids is 1. The van der Waals surface area contributed by atoms with Crippen molar-refractivity contribution >= 4 is 11.7 Å². The summed E-state index contributed by atoms with van der Waals surface area (Å²) in [6.07, 6.45) is 3.02. The molecule has 1 fully saturated rings. The van der Waals surface area contributed by atoms with Crippen LogP contribution in [0.15, 0.2) is 18.2 Å². The van der Waals surface area contributed by atoms with E-state index in [1.165, 1.54) is 11.3 Å². The SMILES string of the molecule is CCn1nc(CN2CCCC(NC(=O)Nc3cc(C)ccc3C)C2)c2c1CCOC2. The molecule has 2 N–H and O–H groups in total. The van der Waals surface area contributed by atoms with E-state index in [-0.39, 0.29) is 12.1 Å². The third kappa shape index (κ3) is 4.68. The molecule has 2 aliphatic rings. The van der Waals surface area contributed by atoms with Crippen LogP contribution in [0.1, 0.15) is 47.8 Å². The maximum absolute atomic E-state index is 12.6. The van der Waals surface area contributed by atoms with Crippen molar-refractivity contribution in [2.75, 3.05) is 25.0 Å². The molecule has 4 rings (SSSR count). The Bertz CT molecular complexity index is 907. The molecule has 1 saturated heterocycles. The zero-order chi connectivity index (χ0) is 21.1. The Labute approximate surface area is 178 Å². The fourth-order valence-corrected chi connectivity index (χ4v) is 4.51. The van der Waals surface area contributed by atoms with Gasteiger partial charge >= 0.3 is 6.03 Å². The predicted molar refractivity (Wildman–Crippen MR) is 118 cm³/mol. The van der Waals surface area contributed by atoms with Crippen LogP contribution in [0.5, 0.6) is 0 Å². The van der Waals surface area contributed by atoms with E-state index in [2.05, 4.69) is 33.2 Å². The second-order valence-corrected chi connectivity index (χ2v) is 8.48. The van der Waals surface area contributed by atoms with Gasteiger partial charge in [-0.25, -0.2) is 4.79 Å². The van der Waals surface area contributed by atoms with Gasteiger partial charge in [-0.05, 0) is 57.4 Å². The average Bonchev–Trinajstić information content (AvgIpc) is 3.09. The van der Waals surface area contributed by atoms with Crippen LogP contribution in [-0.4, -0.2) is 46.4 Å². The number of urea groups is 1. The summed E-state index contributed by atoms with van der Waals surface area (Å²) in [6, 6.07) is 6.12. The molecule has 3 heterocycles. The number of aryl methyl sites for hydroxylation is 3. The van der Waals surface area contributed by atoms with Gasteiger partial charge in [-0.3, -0.25) is 9.58 Å². The fourth-order valence-electron chi connectivity index (χ4n) is 4.51. The Morgan fingerprint density at radius 1 is 1.33 bits per heavy atom. The highest BCUT2D eigenvalue weighted by Gasteiger charge is 2.26. The summed E-state index contributed by atoms with van der Waals surface area (Å²) >= 11 is 0. The lowest BCUT2D eigenvalue weighted by molar-refractivity contribution is 0.107. The summed E-state index contributed by atoms with van der Waals surface area (Å²) in [5.41, 5.74) is 6.81. The first kappa shape index (κ1) is 20.9. The Morgan fingerprint density at radius 3 is 3.03 bits per heavy atom. The van der Waals surface area contributed by atoms with Gasteiger partial charge < -0.3 is 15.4 Å². The highest BCUT2D eigenvalue weighted by Crippen LogP contribution is 2.23. The Morgan fingerprint density at radius 2 is 2.20 bits per heavy atom. The molecule has 0 aliphatic carbocycles. The van der Waals surface area contributed by atoms with Crippen LogP contribution >= 0.6 is 0 Å². The van der Waals surface area contributed by atoms with Crippen LogP contribution in [-0.2, 0) is 30.9 Å². The number of nitrogens with zero attached hydrogens (tertiary/aromatic N) is 3. The van der Waals surface area contributed by atoms with E-state index in [0.29, 0.717) is 6.61 Å². The van der Waals surface area contributed by atoms with Gasteiger partial charge in [0.15, 0.2) is 0 Å². The normalized spacial score (nSPS) is 19.4. The molecule has 1 atom stereocenters. The molecule has 162 valence electrons. The number of anilines is 1. The molecular weight excluding hydrogens is 378 g/mol. The molecule has 0 radical (unpaired) electrons. The van der Waals surface area contributed by atoms with Crippen LogP contribution in [0.2, 0.25) is 0 Å². The highest BCUT2D eigenvalue weighted by atomic mass is 16.5. The van der Waals surface area contributed by atoms with E-state index in [1.54, 1.807) is 0 Å². The van der Waals surface area contributed by atoms with Crippen molar-refractivity contribution in [3.63, 3.8) is 0 Å². The van der Waals surface area contributed by atoms with Gasteiger partial charge in [0.05, 0.1) is 18.9 Å². The molecule has 0 bridgehead atoms. The average molecular weight is 412 g/mol. The van der Waals surface area contributed by atoms with Gasteiger partial charge in [-0.15, -0.1) is 0 Å².